The molecule has 0 aliphatic carbocycles. The number of carbonyl (C=O) groups is 1. The summed E-state index contributed by atoms with van der Waals surface area (Å²) in [7, 11) is 0. The lowest BCUT2D eigenvalue weighted by molar-refractivity contribution is -0.127. The van der Waals surface area contributed by atoms with Gasteiger partial charge in [-0.1, -0.05) is 6.92 Å². The summed E-state index contributed by atoms with van der Waals surface area (Å²) in [6.45, 7) is 5.94. The van der Waals surface area contributed by atoms with Crippen LogP contribution in [0.25, 0.3) is 0 Å². The molecule has 1 unspecified atom stereocenters. The molecule has 1 atom stereocenters. The van der Waals surface area contributed by atoms with Crippen molar-refractivity contribution in [3.63, 3.8) is 0 Å². The van der Waals surface area contributed by atoms with Crippen molar-refractivity contribution in [2.24, 2.45) is 0 Å². The number of amides is 1. The molecule has 0 saturated heterocycles. The van der Waals surface area contributed by atoms with E-state index >= 15 is 0 Å². The van der Waals surface area contributed by atoms with Crippen molar-refractivity contribution >= 4 is 5.91 Å². The predicted octanol–water partition coefficient (Wildman–Crippen LogP) is 2.43. The maximum absolute atomic E-state index is 13.0. The van der Waals surface area contributed by atoms with E-state index in [-0.39, 0.29) is 11.7 Å². The van der Waals surface area contributed by atoms with Crippen molar-refractivity contribution in [2.75, 3.05) is 6.54 Å². The zero-order valence-electron chi connectivity index (χ0n) is 10.4. The molecule has 1 aromatic rings. The van der Waals surface area contributed by atoms with Gasteiger partial charge in [-0.3, -0.25) is 4.79 Å². The van der Waals surface area contributed by atoms with Gasteiger partial charge in [0.05, 0.1) is 0 Å². The summed E-state index contributed by atoms with van der Waals surface area (Å²) in [5.74, 6) is 0.0670. The lowest BCUT2D eigenvalue weighted by Gasteiger charge is -2.14. The van der Waals surface area contributed by atoms with Crippen LogP contribution in [0.1, 0.15) is 25.8 Å². The van der Waals surface area contributed by atoms with Gasteiger partial charge >= 0.3 is 0 Å². The first-order chi connectivity index (χ1) is 8.04. The largest absolute Gasteiger partial charge is 0.481 e. The highest BCUT2D eigenvalue weighted by Crippen LogP contribution is 2.17. The molecular formula is C13H18FNO2. The van der Waals surface area contributed by atoms with Crippen LogP contribution in [0.5, 0.6) is 5.75 Å². The van der Waals surface area contributed by atoms with Gasteiger partial charge in [0.1, 0.15) is 11.6 Å². The first-order valence-electron chi connectivity index (χ1n) is 5.75. The number of rotatable bonds is 5. The second-order valence-electron chi connectivity index (χ2n) is 3.96. The monoisotopic (exact) mass is 239 g/mol. The van der Waals surface area contributed by atoms with E-state index in [0.29, 0.717) is 17.9 Å². The molecule has 0 bridgehead atoms. The molecule has 0 fully saturated rings. The number of halogens is 1. The number of hydrogen-bond donors (Lipinski definition) is 1. The predicted molar refractivity (Wildman–Crippen MR) is 64.5 cm³/mol. The Kier molecular flexibility index (Phi) is 4.94. The van der Waals surface area contributed by atoms with Gasteiger partial charge in [0, 0.05) is 6.54 Å². The van der Waals surface area contributed by atoms with Gasteiger partial charge in [0.25, 0.3) is 5.91 Å². The Balaban J connectivity index is 2.58. The average molecular weight is 239 g/mol. The SMILES string of the molecule is CCCNC(=O)C(C)Oc1ccc(F)c(C)c1. The third kappa shape index (κ3) is 4.06. The Morgan fingerprint density at radius 2 is 2.24 bits per heavy atom. The van der Waals surface area contributed by atoms with Crippen molar-refractivity contribution in [3.05, 3.63) is 29.6 Å². The lowest BCUT2D eigenvalue weighted by Crippen LogP contribution is -2.36. The normalized spacial score (nSPS) is 12.0. The molecule has 0 aliphatic rings. The number of nitrogens with one attached hydrogen (secondary N) is 1. The molecule has 0 heterocycles. The third-order valence-electron chi connectivity index (χ3n) is 2.36. The Morgan fingerprint density at radius 3 is 2.82 bits per heavy atom. The van der Waals surface area contributed by atoms with E-state index in [1.54, 1.807) is 19.9 Å². The third-order valence-corrected chi connectivity index (χ3v) is 2.36. The van der Waals surface area contributed by atoms with E-state index in [1.165, 1.54) is 12.1 Å². The average Bonchev–Trinajstić information content (AvgIpc) is 2.30. The minimum atomic E-state index is -0.577. The molecule has 3 nitrogen and oxygen atoms in total. The minimum absolute atomic E-state index is 0.158. The molecule has 1 amide bonds. The van der Waals surface area contributed by atoms with Crippen LogP contribution in [0.15, 0.2) is 18.2 Å². The van der Waals surface area contributed by atoms with Crippen LogP contribution in [-0.2, 0) is 4.79 Å². The van der Waals surface area contributed by atoms with Gasteiger partial charge in [0.2, 0.25) is 0 Å². The van der Waals surface area contributed by atoms with Crippen LogP contribution in [-0.4, -0.2) is 18.6 Å². The molecule has 4 heteroatoms. The van der Waals surface area contributed by atoms with E-state index < -0.39 is 6.10 Å². The Labute approximate surface area is 101 Å². The second-order valence-corrected chi connectivity index (χ2v) is 3.96. The summed E-state index contributed by atoms with van der Waals surface area (Å²) in [5.41, 5.74) is 0.503. The molecule has 1 aromatic carbocycles. The molecule has 0 aromatic heterocycles. The van der Waals surface area contributed by atoms with E-state index in [9.17, 15) is 9.18 Å². The Morgan fingerprint density at radius 1 is 1.53 bits per heavy atom. The maximum Gasteiger partial charge on any atom is 0.260 e. The first-order valence-corrected chi connectivity index (χ1v) is 5.75. The van der Waals surface area contributed by atoms with E-state index in [4.69, 9.17) is 4.74 Å². The number of ether oxygens (including phenoxy) is 1. The van der Waals surface area contributed by atoms with Crippen molar-refractivity contribution in [2.45, 2.75) is 33.3 Å². The van der Waals surface area contributed by atoms with Crippen LogP contribution in [0, 0.1) is 12.7 Å². The molecule has 0 saturated carbocycles. The van der Waals surface area contributed by atoms with Crippen molar-refractivity contribution < 1.29 is 13.9 Å². The molecule has 17 heavy (non-hydrogen) atoms. The lowest BCUT2D eigenvalue weighted by atomic mass is 10.2. The van der Waals surface area contributed by atoms with E-state index in [1.807, 2.05) is 6.92 Å². The summed E-state index contributed by atoms with van der Waals surface area (Å²) >= 11 is 0. The van der Waals surface area contributed by atoms with Crippen molar-refractivity contribution in [1.82, 2.24) is 5.32 Å². The van der Waals surface area contributed by atoms with Gasteiger partial charge < -0.3 is 10.1 Å². The molecule has 1 N–H and O–H groups in total. The van der Waals surface area contributed by atoms with Crippen LogP contribution in [0.4, 0.5) is 4.39 Å². The summed E-state index contributed by atoms with van der Waals surface area (Å²) < 4.78 is 18.5. The summed E-state index contributed by atoms with van der Waals surface area (Å²) in [4.78, 5) is 11.5. The number of benzene rings is 1. The number of hydrogen-bond acceptors (Lipinski definition) is 2. The summed E-state index contributed by atoms with van der Waals surface area (Å²) in [6, 6.07) is 4.44. The highest BCUT2D eigenvalue weighted by Gasteiger charge is 2.14. The van der Waals surface area contributed by atoms with Crippen LogP contribution in [0.3, 0.4) is 0 Å². The fourth-order valence-electron chi connectivity index (χ4n) is 1.34. The molecule has 94 valence electrons. The van der Waals surface area contributed by atoms with Gasteiger partial charge in [-0.05, 0) is 44.0 Å². The van der Waals surface area contributed by atoms with Crippen molar-refractivity contribution in [3.8, 4) is 5.75 Å². The number of aryl methyl sites for hydroxylation is 1. The smallest absolute Gasteiger partial charge is 0.260 e. The van der Waals surface area contributed by atoms with Crippen LogP contribution >= 0.6 is 0 Å². The summed E-state index contributed by atoms with van der Waals surface area (Å²) in [6.07, 6.45) is 0.306. The quantitative estimate of drug-likeness (QED) is 0.857. The molecule has 0 aliphatic heterocycles. The molecule has 0 spiro atoms. The molecule has 1 rings (SSSR count). The second kappa shape index (κ2) is 6.23. The van der Waals surface area contributed by atoms with Gasteiger partial charge in [-0.2, -0.15) is 0 Å². The van der Waals surface area contributed by atoms with Crippen molar-refractivity contribution in [1.29, 1.82) is 0 Å². The minimum Gasteiger partial charge on any atom is -0.481 e. The topological polar surface area (TPSA) is 38.3 Å². The number of carbonyl (C=O) groups excluding carboxylic acids is 1. The Hall–Kier alpha value is -1.58. The zero-order chi connectivity index (χ0) is 12.8. The van der Waals surface area contributed by atoms with E-state index in [0.717, 1.165) is 6.42 Å². The fraction of sp³-hybridized carbons (Fsp3) is 0.462. The van der Waals surface area contributed by atoms with Gasteiger partial charge in [-0.25, -0.2) is 4.39 Å². The first kappa shape index (κ1) is 13.5. The zero-order valence-corrected chi connectivity index (χ0v) is 10.4. The fourth-order valence-corrected chi connectivity index (χ4v) is 1.34. The Bertz CT molecular complexity index is 393. The molecule has 0 radical (unpaired) electrons. The standard InChI is InChI=1S/C13H18FNO2/c1-4-7-15-13(16)10(3)17-11-5-6-12(14)9(2)8-11/h5-6,8,10H,4,7H2,1-3H3,(H,15,16). The highest BCUT2D eigenvalue weighted by atomic mass is 19.1. The molecular weight excluding hydrogens is 221 g/mol. The van der Waals surface area contributed by atoms with E-state index in [2.05, 4.69) is 5.32 Å². The highest BCUT2D eigenvalue weighted by molar-refractivity contribution is 5.80. The maximum atomic E-state index is 13.0. The van der Waals surface area contributed by atoms with Crippen LogP contribution in [0.2, 0.25) is 0 Å². The van der Waals surface area contributed by atoms with Gasteiger partial charge in [0.15, 0.2) is 6.10 Å². The van der Waals surface area contributed by atoms with Crippen LogP contribution < -0.4 is 10.1 Å². The summed E-state index contributed by atoms with van der Waals surface area (Å²) in [5, 5.41) is 2.74. The van der Waals surface area contributed by atoms with Gasteiger partial charge in [-0.15, -0.1) is 0 Å².